The van der Waals surface area contributed by atoms with E-state index in [9.17, 15) is 0 Å². The molecule has 1 heterocycles. The molecule has 3 rings (SSSR count). The lowest BCUT2D eigenvalue weighted by Crippen LogP contribution is -2.58. The number of piperazine rings is 1. The molecule has 3 aliphatic rings. The standard InChI is InChI=1S/C18H35N3/c1-2-5-15-8-9-17(19)18(14-15)21-12-10-20(11-13-21)16-6-3-4-7-16/h15-18H,2-14,19H2,1H3. The van der Waals surface area contributed by atoms with Crippen LogP contribution in [0.25, 0.3) is 0 Å². The molecule has 122 valence electrons. The van der Waals surface area contributed by atoms with Crippen LogP contribution in [-0.4, -0.2) is 54.1 Å². The van der Waals surface area contributed by atoms with Crippen molar-refractivity contribution in [1.29, 1.82) is 0 Å². The molecule has 3 atom stereocenters. The summed E-state index contributed by atoms with van der Waals surface area (Å²) >= 11 is 0. The van der Waals surface area contributed by atoms with Crippen molar-refractivity contribution in [2.24, 2.45) is 11.7 Å². The molecule has 0 aromatic rings. The van der Waals surface area contributed by atoms with Crippen LogP contribution in [0.15, 0.2) is 0 Å². The lowest BCUT2D eigenvalue weighted by molar-refractivity contribution is 0.0394. The zero-order chi connectivity index (χ0) is 14.7. The fourth-order valence-corrected chi connectivity index (χ4v) is 5.05. The Hall–Kier alpha value is -0.120. The molecule has 2 aliphatic carbocycles. The molecule has 21 heavy (non-hydrogen) atoms. The Morgan fingerprint density at radius 1 is 0.905 bits per heavy atom. The molecule has 0 radical (unpaired) electrons. The predicted octanol–water partition coefficient (Wildman–Crippen LogP) is 2.84. The van der Waals surface area contributed by atoms with E-state index in [-0.39, 0.29) is 0 Å². The van der Waals surface area contributed by atoms with E-state index in [0.717, 1.165) is 12.0 Å². The summed E-state index contributed by atoms with van der Waals surface area (Å²) in [5.74, 6) is 0.938. The van der Waals surface area contributed by atoms with E-state index in [1.807, 2.05) is 0 Å². The summed E-state index contributed by atoms with van der Waals surface area (Å²) in [7, 11) is 0. The number of hydrogen-bond donors (Lipinski definition) is 1. The van der Waals surface area contributed by atoms with E-state index in [0.29, 0.717) is 12.1 Å². The van der Waals surface area contributed by atoms with Gasteiger partial charge < -0.3 is 5.73 Å². The van der Waals surface area contributed by atoms with E-state index < -0.39 is 0 Å². The van der Waals surface area contributed by atoms with Gasteiger partial charge in [-0.05, 0) is 38.0 Å². The quantitative estimate of drug-likeness (QED) is 0.865. The monoisotopic (exact) mass is 293 g/mol. The number of nitrogens with two attached hydrogens (primary N) is 1. The minimum atomic E-state index is 0.427. The van der Waals surface area contributed by atoms with Gasteiger partial charge in [-0.25, -0.2) is 0 Å². The molecule has 3 nitrogen and oxygen atoms in total. The van der Waals surface area contributed by atoms with Gasteiger partial charge in [0.05, 0.1) is 0 Å². The van der Waals surface area contributed by atoms with Gasteiger partial charge in [0.15, 0.2) is 0 Å². The molecular formula is C18H35N3. The fraction of sp³-hybridized carbons (Fsp3) is 1.00. The highest BCUT2D eigenvalue weighted by Crippen LogP contribution is 2.31. The summed E-state index contributed by atoms with van der Waals surface area (Å²) < 4.78 is 0. The van der Waals surface area contributed by atoms with Crippen LogP contribution in [0.1, 0.15) is 64.7 Å². The molecule has 1 aliphatic heterocycles. The first-order valence-electron chi connectivity index (χ1n) is 9.51. The summed E-state index contributed by atoms with van der Waals surface area (Å²) in [5, 5.41) is 0. The maximum Gasteiger partial charge on any atom is 0.0250 e. The fourth-order valence-electron chi connectivity index (χ4n) is 5.05. The maximum absolute atomic E-state index is 6.47. The van der Waals surface area contributed by atoms with Crippen molar-refractivity contribution in [2.45, 2.75) is 82.8 Å². The third-order valence-electron chi connectivity index (χ3n) is 6.33. The predicted molar refractivity (Wildman–Crippen MR) is 89.4 cm³/mol. The van der Waals surface area contributed by atoms with Crippen LogP contribution < -0.4 is 5.73 Å². The third kappa shape index (κ3) is 3.80. The first kappa shape index (κ1) is 15.8. The van der Waals surface area contributed by atoms with E-state index in [1.54, 1.807) is 0 Å². The smallest absolute Gasteiger partial charge is 0.0250 e. The molecule has 0 aromatic heterocycles. The van der Waals surface area contributed by atoms with Crippen molar-refractivity contribution in [3.05, 3.63) is 0 Å². The van der Waals surface area contributed by atoms with Crippen LogP contribution in [0.5, 0.6) is 0 Å². The van der Waals surface area contributed by atoms with Gasteiger partial charge in [-0.2, -0.15) is 0 Å². The Kier molecular flexibility index (Phi) is 5.58. The molecule has 3 fully saturated rings. The summed E-state index contributed by atoms with van der Waals surface area (Å²) in [4.78, 5) is 5.50. The van der Waals surface area contributed by atoms with Gasteiger partial charge in [0.25, 0.3) is 0 Å². The molecule has 1 saturated heterocycles. The first-order chi connectivity index (χ1) is 10.3. The molecule has 3 heteroatoms. The second-order valence-corrected chi connectivity index (χ2v) is 7.71. The van der Waals surface area contributed by atoms with Crippen molar-refractivity contribution in [3.63, 3.8) is 0 Å². The lowest BCUT2D eigenvalue weighted by atomic mass is 9.79. The van der Waals surface area contributed by atoms with Crippen LogP contribution >= 0.6 is 0 Å². The third-order valence-corrected chi connectivity index (χ3v) is 6.33. The molecule has 0 aromatic carbocycles. The Bertz CT molecular complexity index is 306. The van der Waals surface area contributed by atoms with Gasteiger partial charge in [0.1, 0.15) is 0 Å². The number of nitrogens with zero attached hydrogens (tertiary/aromatic N) is 2. The molecule has 0 bridgehead atoms. The van der Waals surface area contributed by atoms with Gasteiger partial charge in [0, 0.05) is 44.3 Å². The Labute approximate surface area is 131 Å². The SMILES string of the molecule is CCCC1CCC(N)C(N2CCN(C3CCCC3)CC2)C1. The summed E-state index contributed by atoms with van der Waals surface area (Å²) in [6.07, 6.45) is 12.5. The maximum atomic E-state index is 6.47. The molecule has 2 saturated carbocycles. The first-order valence-corrected chi connectivity index (χ1v) is 9.51. The minimum Gasteiger partial charge on any atom is -0.326 e. The topological polar surface area (TPSA) is 32.5 Å². The van der Waals surface area contributed by atoms with Crippen LogP contribution in [0.2, 0.25) is 0 Å². The number of hydrogen-bond acceptors (Lipinski definition) is 3. The van der Waals surface area contributed by atoms with Gasteiger partial charge in [-0.3, -0.25) is 9.80 Å². The average molecular weight is 293 g/mol. The summed E-state index contributed by atoms with van der Waals surface area (Å²) in [5.41, 5.74) is 6.47. The second kappa shape index (κ2) is 7.43. The Morgan fingerprint density at radius 3 is 2.24 bits per heavy atom. The van der Waals surface area contributed by atoms with Gasteiger partial charge in [-0.1, -0.05) is 32.6 Å². The zero-order valence-electron chi connectivity index (χ0n) is 14.0. The minimum absolute atomic E-state index is 0.427. The van der Waals surface area contributed by atoms with Crippen molar-refractivity contribution < 1.29 is 0 Å². The highest BCUT2D eigenvalue weighted by atomic mass is 15.3. The summed E-state index contributed by atoms with van der Waals surface area (Å²) in [6.45, 7) is 7.41. The van der Waals surface area contributed by atoms with Crippen molar-refractivity contribution in [3.8, 4) is 0 Å². The van der Waals surface area contributed by atoms with E-state index >= 15 is 0 Å². The van der Waals surface area contributed by atoms with Crippen molar-refractivity contribution in [1.82, 2.24) is 9.80 Å². The van der Waals surface area contributed by atoms with Crippen LogP contribution in [0.3, 0.4) is 0 Å². The normalized spacial score (nSPS) is 37.1. The van der Waals surface area contributed by atoms with Crippen LogP contribution in [-0.2, 0) is 0 Å². The Balaban J connectivity index is 1.50. The Morgan fingerprint density at radius 2 is 1.57 bits per heavy atom. The van der Waals surface area contributed by atoms with Crippen LogP contribution in [0.4, 0.5) is 0 Å². The van der Waals surface area contributed by atoms with E-state index in [2.05, 4.69) is 16.7 Å². The van der Waals surface area contributed by atoms with Crippen molar-refractivity contribution >= 4 is 0 Å². The lowest BCUT2D eigenvalue weighted by Gasteiger charge is -2.46. The van der Waals surface area contributed by atoms with Crippen molar-refractivity contribution in [2.75, 3.05) is 26.2 Å². The molecule has 0 spiro atoms. The molecule has 2 N–H and O–H groups in total. The van der Waals surface area contributed by atoms with E-state index in [4.69, 9.17) is 5.73 Å². The molecular weight excluding hydrogens is 258 g/mol. The summed E-state index contributed by atoms with van der Waals surface area (Å²) in [6, 6.07) is 2.00. The van der Waals surface area contributed by atoms with Crippen LogP contribution in [0, 0.1) is 5.92 Å². The average Bonchev–Trinajstić information content (AvgIpc) is 3.04. The van der Waals surface area contributed by atoms with Gasteiger partial charge in [-0.15, -0.1) is 0 Å². The van der Waals surface area contributed by atoms with Gasteiger partial charge >= 0.3 is 0 Å². The van der Waals surface area contributed by atoms with Gasteiger partial charge in [0.2, 0.25) is 0 Å². The zero-order valence-corrected chi connectivity index (χ0v) is 14.0. The highest BCUT2D eigenvalue weighted by molar-refractivity contribution is 4.92. The molecule has 3 unspecified atom stereocenters. The molecule has 0 amide bonds. The largest absolute Gasteiger partial charge is 0.326 e. The second-order valence-electron chi connectivity index (χ2n) is 7.71. The highest BCUT2D eigenvalue weighted by Gasteiger charge is 2.34. The number of rotatable bonds is 4. The van der Waals surface area contributed by atoms with E-state index in [1.165, 1.54) is 84.0 Å².